The van der Waals surface area contributed by atoms with Gasteiger partial charge in [-0.1, -0.05) is 19.4 Å². The van der Waals surface area contributed by atoms with Gasteiger partial charge in [0.05, 0.1) is 19.6 Å². The fraction of sp³-hybridized carbons (Fsp3) is 0.667. The Morgan fingerprint density at radius 3 is 2.73 bits per heavy atom. The quantitative estimate of drug-likeness (QED) is 0.534. The van der Waals surface area contributed by atoms with Gasteiger partial charge < -0.3 is 9.22 Å². The van der Waals surface area contributed by atoms with Crippen molar-refractivity contribution in [1.82, 2.24) is 0 Å². The molecule has 0 N–H and O–H groups in total. The van der Waals surface area contributed by atoms with E-state index >= 15 is 0 Å². The third kappa shape index (κ3) is 3.70. The van der Waals surface area contributed by atoms with Gasteiger partial charge in [-0.25, -0.2) is 4.79 Å². The molecule has 4 fully saturated rings. The Morgan fingerprint density at radius 1 is 1.31 bits per heavy atom. The molecule has 26 heavy (non-hydrogen) atoms. The maximum absolute atomic E-state index is 13.1. The smallest absolute Gasteiger partial charge is 0.415 e. The summed E-state index contributed by atoms with van der Waals surface area (Å²) in [4.78, 5) is 15.0. The van der Waals surface area contributed by atoms with E-state index in [2.05, 4.69) is 6.58 Å². The Morgan fingerprint density at radius 2 is 2.08 bits per heavy atom. The number of hydrogen-bond acceptors (Lipinski definition) is 3. The fourth-order valence-electron chi connectivity index (χ4n) is 5.21. The van der Waals surface area contributed by atoms with Gasteiger partial charge >= 0.3 is 6.09 Å². The molecule has 0 unspecified atom stereocenters. The fourth-order valence-corrected chi connectivity index (χ4v) is 5.94. The summed E-state index contributed by atoms with van der Waals surface area (Å²) < 4.78 is 7.19. The second-order valence-corrected chi connectivity index (χ2v) is 9.34. The van der Waals surface area contributed by atoms with Crippen molar-refractivity contribution >= 4 is 22.4 Å². The molecular formula is C21H31N2O2S+. The number of ether oxygens (including phenoxy) is 1. The molecule has 1 saturated carbocycles. The molecule has 5 heteroatoms. The maximum Gasteiger partial charge on any atom is 0.415 e. The van der Waals surface area contributed by atoms with Gasteiger partial charge in [-0.3, -0.25) is 4.90 Å². The first-order valence-corrected chi connectivity index (χ1v) is 11.0. The van der Waals surface area contributed by atoms with Gasteiger partial charge in [0.15, 0.2) is 6.10 Å². The third-order valence-corrected chi connectivity index (χ3v) is 7.61. The average Bonchev–Trinajstić information content (AvgIpc) is 3.34. The Kier molecular flexibility index (Phi) is 5.37. The summed E-state index contributed by atoms with van der Waals surface area (Å²) in [5, 5.41) is 3.07. The van der Waals surface area contributed by atoms with E-state index in [1.165, 1.54) is 51.6 Å². The monoisotopic (exact) mass is 375 g/mol. The van der Waals surface area contributed by atoms with Crippen LogP contribution in [-0.4, -0.2) is 49.4 Å². The van der Waals surface area contributed by atoms with Crippen LogP contribution in [0.15, 0.2) is 30.2 Å². The molecule has 2 bridgehead atoms. The topological polar surface area (TPSA) is 29.5 Å². The van der Waals surface area contributed by atoms with Crippen molar-refractivity contribution in [1.29, 1.82) is 0 Å². The van der Waals surface area contributed by atoms with E-state index in [-0.39, 0.29) is 12.2 Å². The molecule has 142 valence electrons. The summed E-state index contributed by atoms with van der Waals surface area (Å²) in [6, 6.07) is 4.07. The summed E-state index contributed by atoms with van der Waals surface area (Å²) >= 11 is 1.64. The Bertz CT molecular complexity index is 616. The molecule has 0 spiro atoms. The molecular weight excluding hydrogens is 344 g/mol. The highest BCUT2D eigenvalue weighted by Crippen LogP contribution is 2.36. The molecule has 4 heterocycles. The highest BCUT2D eigenvalue weighted by atomic mass is 32.1. The molecule has 1 aromatic heterocycles. The minimum atomic E-state index is -0.130. The SMILES string of the molecule is C=CC[N+]12CCC(CC1)[C@@H](OC(=O)N(CC1CCCC1)c1cccs1)C2. The lowest BCUT2D eigenvalue weighted by molar-refractivity contribution is -0.941. The van der Waals surface area contributed by atoms with Crippen LogP contribution in [0.25, 0.3) is 0 Å². The van der Waals surface area contributed by atoms with Crippen molar-refractivity contribution in [2.24, 2.45) is 11.8 Å². The van der Waals surface area contributed by atoms with Gasteiger partial charge in [-0.2, -0.15) is 0 Å². The van der Waals surface area contributed by atoms with E-state index in [1.807, 2.05) is 28.5 Å². The van der Waals surface area contributed by atoms with Gasteiger partial charge in [0.25, 0.3) is 0 Å². The highest BCUT2D eigenvalue weighted by Gasteiger charge is 2.47. The number of anilines is 1. The molecule has 0 radical (unpaired) electrons. The summed E-state index contributed by atoms with van der Waals surface area (Å²) in [5.41, 5.74) is 0. The van der Waals surface area contributed by atoms with Crippen molar-refractivity contribution in [3.05, 3.63) is 30.2 Å². The maximum atomic E-state index is 13.1. The van der Waals surface area contributed by atoms with Crippen LogP contribution in [0.2, 0.25) is 0 Å². The van der Waals surface area contributed by atoms with Crippen LogP contribution in [0.3, 0.4) is 0 Å². The standard InChI is InChI=1S/C21H31N2O2S/c1-2-11-23-12-9-18(10-13-23)19(16-23)25-21(24)22(20-8-5-14-26-20)15-17-6-3-4-7-17/h2,5,8,14,17-19H,1,3-4,6-7,9-13,15-16H2/q+1/t18?,19-,23?/m0/s1. The van der Waals surface area contributed by atoms with E-state index < -0.39 is 0 Å². The molecule has 3 saturated heterocycles. The molecule has 0 aromatic carbocycles. The molecule has 1 aliphatic carbocycles. The molecule has 5 rings (SSSR count). The number of hydrogen-bond donors (Lipinski definition) is 0. The lowest BCUT2D eigenvalue weighted by Gasteiger charge is -2.51. The number of rotatable bonds is 6. The van der Waals surface area contributed by atoms with Crippen molar-refractivity contribution in [2.45, 2.75) is 44.6 Å². The van der Waals surface area contributed by atoms with Gasteiger partial charge in [-0.15, -0.1) is 11.3 Å². The number of carbonyl (C=O) groups excluding carboxylic acids is 1. The summed E-state index contributed by atoms with van der Waals surface area (Å²) in [6.07, 6.45) is 9.38. The number of quaternary nitrogens is 1. The summed E-state index contributed by atoms with van der Waals surface area (Å²) in [7, 11) is 0. The zero-order chi connectivity index (χ0) is 18.0. The number of nitrogens with zero attached hydrogens (tertiary/aromatic N) is 2. The van der Waals surface area contributed by atoms with Crippen molar-refractivity contribution in [3.8, 4) is 0 Å². The van der Waals surface area contributed by atoms with Crippen LogP contribution in [0.4, 0.5) is 9.80 Å². The van der Waals surface area contributed by atoms with Crippen LogP contribution in [0.5, 0.6) is 0 Å². The van der Waals surface area contributed by atoms with Crippen molar-refractivity contribution in [2.75, 3.05) is 37.6 Å². The lowest BCUT2D eigenvalue weighted by atomic mass is 9.83. The average molecular weight is 376 g/mol. The zero-order valence-electron chi connectivity index (χ0n) is 15.6. The molecule has 4 aliphatic rings. The van der Waals surface area contributed by atoms with Crippen LogP contribution in [0.1, 0.15) is 38.5 Å². The molecule has 1 atom stereocenters. The molecule has 4 nitrogen and oxygen atoms in total. The van der Waals surface area contributed by atoms with E-state index in [1.54, 1.807) is 11.3 Å². The number of piperidine rings is 3. The van der Waals surface area contributed by atoms with E-state index in [9.17, 15) is 4.79 Å². The van der Waals surface area contributed by atoms with Crippen LogP contribution >= 0.6 is 11.3 Å². The predicted molar refractivity (Wildman–Crippen MR) is 107 cm³/mol. The summed E-state index contributed by atoms with van der Waals surface area (Å²) in [6.45, 7) is 9.13. The van der Waals surface area contributed by atoms with E-state index in [4.69, 9.17) is 4.74 Å². The second-order valence-electron chi connectivity index (χ2n) is 8.41. The van der Waals surface area contributed by atoms with Gasteiger partial charge in [0.2, 0.25) is 0 Å². The minimum Gasteiger partial charge on any atom is -0.440 e. The number of carbonyl (C=O) groups is 1. The first-order chi connectivity index (χ1) is 12.7. The Labute approximate surface area is 161 Å². The van der Waals surface area contributed by atoms with Gasteiger partial charge in [-0.05, 0) is 42.3 Å². The number of amides is 1. The largest absolute Gasteiger partial charge is 0.440 e. The van der Waals surface area contributed by atoms with Crippen molar-refractivity contribution < 1.29 is 14.0 Å². The van der Waals surface area contributed by atoms with Crippen LogP contribution in [0, 0.1) is 11.8 Å². The van der Waals surface area contributed by atoms with E-state index in [0.717, 1.165) is 29.1 Å². The Hall–Kier alpha value is -1.33. The Balaban J connectivity index is 1.45. The highest BCUT2D eigenvalue weighted by molar-refractivity contribution is 7.14. The second kappa shape index (κ2) is 7.73. The lowest BCUT2D eigenvalue weighted by Crippen LogP contribution is -2.64. The molecule has 1 aromatic rings. The molecule has 1 amide bonds. The third-order valence-electron chi connectivity index (χ3n) is 6.72. The van der Waals surface area contributed by atoms with Gasteiger partial charge in [0, 0.05) is 25.3 Å². The van der Waals surface area contributed by atoms with Gasteiger partial charge in [0.1, 0.15) is 11.5 Å². The number of fused-ring (bicyclic) bond motifs is 3. The minimum absolute atomic E-state index is 0.0657. The van der Waals surface area contributed by atoms with Crippen molar-refractivity contribution in [3.63, 3.8) is 0 Å². The van der Waals surface area contributed by atoms with E-state index in [0.29, 0.717) is 11.8 Å². The van der Waals surface area contributed by atoms with Crippen LogP contribution < -0.4 is 4.90 Å². The van der Waals surface area contributed by atoms with Crippen LogP contribution in [-0.2, 0) is 4.74 Å². The zero-order valence-corrected chi connectivity index (χ0v) is 16.5. The first kappa shape index (κ1) is 18.1. The first-order valence-electron chi connectivity index (χ1n) is 10.2. The normalized spacial score (nSPS) is 31.1. The number of thiophene rings is 1. The predicted octanol–water partition coefficient (Wildman–Crippen LogP) is 4.68. The summed E-state index contributed by atoms with van der Waals surface area (Å²) in [5.74, 6) is 1.16. The molecule has 3 aliphatic heterocycles.